The Morgan fingerprint density at radius 2 is 1.55 bits per heavy atom. The fourth-order valence-corrected chi connectivity index (χ4v) is 5.04. The molecule has 0 aromatic heterocycles. The molecule has 3 aromatic carbocycles. The van der Waals surface area contributed by atoms with Crippen molar-refractivity contribution in [3.8, 4) is 11.1 Å². The predicted octanol–water partition coefficient (Wildman–Crippen LogP) is 6.56. The molecule has 2 nitrogen and oxygen atoms in total. The van der Waals surface area contributed by atoms with E-state index in [2.05, 4.69) is 36.4 Å². The second-order valence-electron chi connectivity index (χ2n) is 7.28. The van der Waals surface area contributed by atoms with Gasteiger partial charge in [-0.15, -0.1) is 11.8 Å². The Bertz CT molecular complexity index is 916. The Kier molecular flexibility index (Phi) is 8.05. The van der Waals surface area contributed by atoms with Crippen LogP contribution in [-0.2, 0) is 5.75 Å². The average molecular weight is 446 g/mol. The standard InChI is InChI=1S/C24H25Cl2NOS/c1-27(2)15-23(28)24(29-16-20-12-13-21(25)14-22(20)26)19-10-8-18(9-11-19)17-6-4-3-5-7-17/h3-14,23-24,28H,15-16H2,1-2H3. The van der Waals surface area contributed by atoms with E-state index in [4.69, 9.17) is 23.2 Å². The highest BCUT2D eigenvalue weighted by Crippen LogP contribution is 2.37. The van der Waals surface area contributed by atoms with Gasteiger partial charge in [0.15, 0.2) is 0 Å². The van der Waals surface area contributed by atoms with Gasteiger partial charge in [0.25, 0.3) is 0 Å². The lowest BCUT2D eigenvalue weighted by molar-refractivity contribution is 0.134. The van der Waals surface area contributed by atoms with Gasteiger partial charge in [0.05, 0.1) is 11.4 Å². The third-order valence-corrected chi connectivity index (χ3v) is 6.69. The van der Waals surface area contributed by atoms with Crippen LogP contribution in [0.25, 0.3) is 11.1 Å². The van der Waals surface area contributed by atoms with Crippen molar-refractivity contribution in [2.45, 2.75) is 17.1 Å². The van der Waals surface area contributed by atoms with Gasteiger partial charge in [0.1, 0.15) is 0 Å². The Hall–Kier alpha value is -1.49. The first kappa shape index (κ1) is 22.2. The molecule has 5 heteroatoms. The summed E-state index contributed by atoms with van der Waals surface area (Å²) in [6.07, 6.45) is -0.497. The third kappa shape index (κ3) is 6.24. The Morgan fingerprint density at radius 3 is 2.17 bits per heavy atom. The molecule has 0 bridgehead atoms. The Balaban J connectivity index is 1.81. The maximum Gasteiger partial charge on any atom is 0.0826 e. The van der Waals surface area contributed by atoms with E-state index in [0.717, 1.165) is 11.1 Å². The fraction of sp³-hybridized carbons (Fsp3) is 0.250. The SMILES string of the molecule is CN(C)CC(O)C(SCc1ccc(Cl)cc1Cl)c1ccc(-c2ccccc2)cc1. The van der Waals surface area contributed by atoms with Crippen molar-refractivity contribution in [2.75, 3.05) is 20.6 Å². The van der Waals surface area contributed by atoms with Crippen LogP contribution >= 0.6 is 35.0 Å². The van der Waals surface area contributed by atoms with Crippen molar-refractivity contribution >= 4 is 35.0 Å². The normalized spacial score (nSPS) is 13.4. The molecule has 152 valence electrons. The second kappa shape index (κ2) is 10.5. The molecule has 29 heavy (non-hydrogen) atoms. The van der Waals surface area contributed by atoms with Crippen molar-refractivity contribution in [1.29, 1.82) is 0 Å². The largest absolute Gasteiger partial charge is 0.390 e. The smallest absolute Gasteiger partial charge is 0.0826 e. The summed E-state index contributed by atoms with van der Waals surface area (Å²) in [7, 11) is 3.94. The van der Waals surface area contributed by atoms with Crippen LogP contribution < -0.4 is 0 Å². The van der Waals surface area contributed by atoms with Crippen molar-refractivity contribution < 1.29 is 5.11 Å². The van der Waals surface area contributed by atoms with Crippen LogP contribution in [0.5, 0.6) is 0 Å². The molecule has 0 heterocycles. The minimum Gasteiger partial charge on any atom is -0.390 e. The molecular formula is C24H25Cl2NOS. The first-order valence-corrected chi connectivity index (χ1v) is 11.3. The number of aliphatic hydroxyl groups is 1. The molecular weight excluding hydrogens is 421 g/mol. The summed E-state index contributed by atoms with van der Waals surface area (Å²) < 4.78 is 0. The predicted molar refractivity (Wildman–Crippen MR) is 127 cm³/mol. The fourth-order valence-electron chi connectivity index (χ4n) is 3.21. The van der Waals surface area contributed by atoms with Gasteiger partial charge in [-0.2, -0.15) is 0 Å². The number of thioether (sulfide) groups is 1. The van der Waals surface area contributed by atoms with Gasteiger partial charge in [-0.25, -0.2) is 0 Å². The Morgan fingerprint density at radius 1 is 0.897 bits per heavy atom. The molecule has 0 aliphatic rings. The second-order valence-corrected chi connectivity index (χ2v) is 9.26. The van der Waals surface area contributed by atoms with Gasteiger partial charge in [0, 0.05) is 22.3 Å². The molecule has 0 saturated carbocycles. The number of hydrogen-bond acceptors (Lipinski definition) is 3. The summed E-state index contributed by atoms with van der Waals surface area (Å²) in [5, 5.41) is 12.1. The van der Waals surface area contributed by atoms with E-state index in [9.17, 15) is 5.11 Å². The molecule has 0 amide bonds. The van der Waals surface area contributed by atoms with Crippen molar-refractivity contribution in [2.24, 2.45) is 0 Å². The topological polar surface area (TPSA) is 23.5 Å². The van der Waals surface area contributed by atoms with E-state index in [1.54, 1.807) is 17.8 Å². The number of nitrogens with zero attached hydrogens (tertiary/aromatic N) is 1. The molecule has 3 aromatic rings. The van der Waals surface area contributed by atoms with E-state index >= 15 is 0 Å². The highest BCUT2D eigenvalue weighted by molar-refractivity contribution is 7.98. The molecule has 2 atom stereocenters. The lowest BCUT2D eigenvalue weighted by Crippen LogP contribution is -2.30. The van der Waals surface area contributed by atoms with Gasteiger partial charge >= 0.3 is 0 Å². The molecule has 0 spiro atoms. The molecule has 1 N–H and O–H groups in total. The van der Waals surface area contributed by atoms with Gasteiger partial charge in [-0.1, -0.05) is 83.9 Å². The van der Waals surface area contributed by atoms with Crippen LogP contribution in [0.1, 0.15) is 16.4 Å². The first-order chi connectivity index (χ1) is 13.9. The quantitative estimate of drug-likeness (QED) is 0.424. The minimum absolute atomic E-state index is 0.0611. The third-order valence-electron chi connectivity index (χ3n) is 4.68. The minimum atomic E-state index is -0.497. The van der Waals surface area contributed by atoms with Gasteiger partial charge < -0.3 is 10.0 Å². The number of halogens is 2. The summed E-state index contributed by atoms with van der Waals surface area (Å²) in [5.74, 6) is 0.700. The maximum atomic E-state index is 10.9. The lowest BCUT2D eigenvalue weighted by atomic mass is 10.0. The van der Waals surface area contributed by atoms with Crippen LogP contribution in [0.3, 0.4) is 0 Å². The average Bonchev–Trinajstić information content (AvgIpc) is 2.70. The van der Waals surface area contributed by atoms with E-state index in [1.165, 1.54) is 11.1 Å². The van der Waals surface area contributed by atoms with Crippen LogP contribution in [-0.4, -0.2) is 36.8 Å². The van der Waals surface area contributed by atoms with E-state index in [-0.39, 0.29) is 5.25 Å². The lowest BCUT2D eigenvalue weighted by Gasteiger charge is -2.26. The van der Waals surface area contributed by atoms with Gasteiger partial charge in [-0.05, 0) is 48.5 Å². The van der Waals surface area contributed by atoms with E-state index < -0.39 is 6.10 Å². The summed E-state index contributed by atoms with van der Waals surface area (Å²) in [5.41, 5.74) is 4.48. The van der Waals surface area contributed by atoms with Crippen molar-refractivity contribution in [1.82, 2.24) is 4.90 Å². The van der Waals surface area contributed by atoms with Crippen LogP contribution in [0, 0.1) is 0 Å². The summed E-state index contributed by atoms with van der Waals surface area (Å²) in [6, 6.07) is 24.3. The number of rotatable bonds is 8. The molecule has 0 aliphatic carbocycles. The Labute approximate surface area is 187 Å². The van der Waals surface area contributed by atoms with E-state index in [1.807, 2.05) is 49.3 Å². The molecule has 0 radical (unpaired) electrons. The highest BCUT2D eigenvalue weighted by Gasteiger charge is 2.23. The monoisotopic (exact) mass is 445 g/mol. The molecule has 0 aliphatic heterocycles. The zero-order valence-electron chi connectivity index (χ0n) is 16.6. The van der Waals surface area contributed by atoms with Crippen molar-refractivity contribution in [3.05, 3.63) is 94.0 Å². The zero-order chi connectivity index (χ0) is 20.8. The van der Waals surface area contributed by atoms with Crippen molar-refractivity contribution in [3.63, 3.8) is 0 Å². The molecule has 3 rings (SSSR count). The molecule has 0 fully saturated rings. The highest BCUT2D eigenvalue weighted by atomic mass is 35.5. The van der Waals surface area contributed by atoms with Crippen LogP contribution in [0.4, 0.5) is 0 Å². The van der Waals surface area contributed by atoms with Crippen LogP contribution in [0.2, 0.25) is 10.0 Å². The van der Waals surface area contributed by atoms with Gasteiger partial charge in [-0.3, -0.25) is 0 Å². The summed E-state index contributed by atoms with van der Waals surface area (Å²) >= 11 is 14.1. The summed E-state index contributed by atoms with van der Waals surface area (Å²) in [6.45, 7) is 0.590. The first-order valence-electron chi connectivity index (χ1n) is 9.48. The number of benzene rings is 3. The zero-order valence-corrected chi connectivity index (χ0v) is 18.9. The summed E-state index contributed by atoms with van der Waals surface area (Å²) in [4.78, 5) is 2.01. The molecule has 0 saturated heterocycles. The number of aliphatic hydroxyl groups excluding tert-OH is 1. The van der Waals surface area contributed by atoms with E-state index in [0.29, 0.717) is 22.3 Å². The number of likely N-dealkylation sites (N-methyl/N-ethyl adjacent to an activating group) is 1. The van der Waals surface area contributed by atoms with Gasteiger partial charge in [0.2, 0.25) is 0 Å². The van der Waals surface area contributed by atoms with Crippen LogP contribution in [0.15, 0.2) is 72.8 Å². The molecule has 2 unspecified atom stereocenters. The maximum absolute atomic E-state index is 10.9. The number of hydrogen-bond donors (Lipinski definition) is 1.